The van der Waals surface area contributed by atoms with Crippen LogP contribution in [0, 0.1) is 0 Å². The first-order chi connectivity index (χ1) is 17.3. The standard InChI is InChI=1S/C7H11F3NO4S2.C6H11ClO2S.CH2F3NO2S.CH2O3.CH4.3Na.H/c8-7(9,10)17(14,15)11-16(12,13)6-4-2-1-3-5-6;7-10(8,9)6-4-2-1-3-5-6;2-1(3,4)8(5,6)7;2-1-4-3;;;;;/h6H,1-5H2;6H,1-5H2;(H2,5,6,7);1,3H;1H4;;;;/q-1;;;;;3*+1;-1/p-1. The number of hydrogen-bond donors (Lipinski definition) is 1. The Labute approximate surface area is 320 Å². The number of primary sulfonamides is 1. The molecule has 0 aromatic heterocycles. The van der Waals surface area contributed by atoms with Gasteiger partial charge in [0.05, 0.1) is 15.3 Å². The normalized spacial score (nSPS) is 16.5. The van der Waals surface area contributed by atoms with Crippen molar-refractivity contribution in [1.82, 2.24) is 0 Å². The third-order valence-electron chi connectivity index (χ3n) is 4.78. The minimum absolute atomic E-state index is 0. The quantitative estimate of drug-likeness (QED) is 0.0691. The molecule has 0 radical (unpaired) electrons. The number of hydrogen-bond acceptors (Lipinski definition) is 11. The first-order valence-corrected chi connectivity index (χ1v) is 17.2. The molecule has 2 N–H and O–H groups in total. The molecule has 27 heteroatoms. The molecule has 2 aliphatic carbocycles. The molecule has 246 valence electrons. The molecule has 2 fully saturated rings. The fourth-order valence-electron chi connectivity index (χ4n) is 2.95. The van der Waals surface area contributed by atoms with Crippen molar-refractivity contribution >= 4 is 56.3 Å². The van der Waals surface area contributed by atoms with Gasteiger partial charge in [0.25, 0.3) is 6.47 Å². The van der Waals surface area contributed by atoms with Gasteiger partial charge in [-0.05, 0) is 25.7 Å². The topological polar surface area (TPSA) is 226 Å². The van der Waals surface area contributed by atoms with Gasteiger partial charge in [0, 0.05) is 15.9 Å². The van der Waals surface area contributed by atoms with Gasteiger partial charge in [-0.15, -0.1) is 0 Å². The molecule has 0 aromatic rings. The van der Waals surface area contributed by atoms with Gasteiger partial charge in [0.2, 0.25) is 9.05 Å². The van der Waals surface area contributed by atoms with Gasteiger partial charge >= 0.3 is 110 Å². The van der Waals surface area contributed by atoms with Crippen LogP contribution < -0.4 is 99.1 Å². The molecule has 0 bridgehead atoms. The van der Waals surface area contributed by atoms with Crippen molar-refractivity contribution in [2.75, 3.05) is 0 Å². The summed E-state index contributed by atoms with van der Waals surface area (Å²) in [6.45, 7) is -0.181. The number of carbonyl (C=O) groups excluding carboxylic acids is 1. The molecule has 13 nitrogen and oxygen atoms in total. The maximum absolute atomic E-state index is 12.0. The van der Waals surface area contributed by atoms with Gasteiger partial charge in [0.1, 0.15) is 0 Å². The molecular formula is C16H30ClF6N2Na3O11S4. The molecule has 2 rings (SSSR count). The predicted octanol–water partition coefficient (Wildman–Crippen LogP) is -6.25. The number of alkyl halides is 6. The fraction of sp³-hybridized carbons (Fsp3) is 0.938. The first-order valence-electron chi connectivity index (χ1n) is 10.4. The van der Waals surface area contributed by atoms with E-state index in [0.717, 1.165) is 38.5 Å². The molecule has 43 heavy (non-hydrogen) atoms. The molecule has 0 spiro atoms. The van der Waals surface area contributed by atoms with Crippen LogP contribution in [0.1, 0.15) is 73.1 Å². The molecule has 0 aliphatic heterocycles. The number of sulfonamides is 3. The van der Waals surface area contributed by atoms with Crippen LogP contribution in [0.3, 0.4) is 0 Å². The van der Waals surface area contributed by atoms with Gasteiger partial charge in [-0.2, -0.15) is 26.3 Å². The van der Waals surface area contributed by atoms with Gasteiger partial charge in [-0.1, -0.05) is 46.0 Å². The summed E-state index contributed by atoms with van der Waals surface area (Å²) in [5.41, 5.74) is -11.0. The van der Waals surface area contributed by atoms with Gasteiger partial charge in [-0.3, -0.25) is 4.79 Å². The second kappa shape index (κ2) is 25.1. The maximum atomic E-state index is 12.0. The predicted molar refractivity (Wildman–Crippen MR) is 130 cm³/mol. The summed E-state index contributed by atoms with van der Waals surface area (Å²) in [6, 6.07) is 0. The Morgan fingerprint density at radius 1 is 0.744 bits per heavy atom. The summed E-state index contributed by atoms with van der Waals surface area (Å²) < 4.78 is 155. The fourth-order valence-corrected chi connectivity index (χ4v) is 7.23. The van der Waals surface area contributed by atoms with E-state index in [2.05, 4.69) is 14.2 Å². The average Bonchev–Trinajstić information content (AvgIpc) is 2.78. The van der Waals surface area contributed by atoms with E-state index in [0.29, 0.717) is 12.8 Å². The zero-order valence-corrected chi connectivity index (χ0v) is 32.6. The summed E-state index contributed by atoms with van der Waals surface area (Å²) in [7, 11) is -14.0. The Kier molecular flexibility index (Phi) is 33.4. The van der Waals surface area contributed by atoms with Crippen LogP contribution in [0.15, 0.2) is 0 Å². The molecule has 0 saturated heterocycles. The van der Waals surface area contributed by atoms with Gasteiger partial charge in [0.15, 0.2) is 10.0 Å². The third-order valence-corrected chi connectivity index (χ3v) is 11.0. The monoisotopic (exact) mass is 772 g/mol. The van der Waals surface area contributed by atoms with Crippen LogP contribution in [0.25, 0.3) is 4.13 Å². The van der Waals surface area contributed by atoms with Crippen molar-refractivity contribution in [1.29, 1.82) is 0 Å². The van der Waals surface area contributed by atoms with E-state index >= 15 is 0 Å². The minimum atomic E-state index is -5.97. The largest absolute Gasteiger partial charge is 1.00 e. The molecule has 0 aromatic carbocycles. The van der Waals surface area contributed by atoms with Gasteiger partial charge in [-0.25, -0.2) is 38.8 Å². The summed E-state index contributed by atoms with van der Waals surface area (Å²) in [5.74, 6) is 0. The van der Waals surface area contributed by atoms with E-state index in [-0.39, 0.29) is 122 Å². The summed E-state index contributed by atoms with van der Waals surface area (Å²) in [6.07, 6.45) is 6.88. The van der Waals surface area contributed by atoms with Crippen LogP contribution in [0.2, 0.25) is 0 Å². The molecule has 0 heterocycles. The van der Waals surface area contributed by atoms with Crippen LogP contribution in [-0.2, 0) is 48.8 Å². The molecule has 0 amide bonds. The van der Waals surface area contributed by atoms with Crippen molar-refractivity contribution in [2.24, 2.45) is 5.14 Å². The Balaban J connectivity index is -0.0000000883. The van der Waals surface area contributed by atoms with E-state index < -0.39 is 55.4 Å². The van der Waals surface area contributed by atoms with Crippen LogP contribution >= 0.6 is 10.7 Å². The van der Waals surface area contributed by atoms with Crippen molar-refractivity contribution in [2.45, 2.75) is 93.2 Å². The number of rotatable bonds is 5. The molecule has 2 saturated carbocycles. The van der Waals surface area contributed by atoms with E-state index in [1.165, 1.54) is 0 Å². The van der Waals surface area contributed by atoms with E-state index in [9.17, 15) is 60.0 Å². The van der Waals surface area contributed by atoms with Crippen molar-refractivity contribution < 1.29 is 165 Å². The zero-order chi connectivity index (χ0) is 31.3. The zero-order valence-electron chi connectivity index (χ0n) is 23.6. The average molecular weight is 773 g/mol. The van der Waals surface area contributed by atoms with Crippen LogP contribution in [0.5, 0.6) is 0 Å². The summed E-state index contributed by atoms with van der Waals surface area (Å²) in [5, 5.41) is 10.7. The SMILES string of the molecule is C.NS(=O)(=O)C(F)(F)F.O=CO[O-].O=S(=O)(Cl)C1CCCCC1.O=S(=O)([N-]S(=O)(=O)C(F)(F)F)C1CCCCC1.[H-].[Na+].[Na+].[Na+]. The summed E-state index contributed by atoms with van der Waals surface area (Å²) >= 11 is 0. The number of nitrogens with zero attached hydrogens (tertiary/aromatic N) is 1. The molecule has 0 unspecified atom stereocenters. The Bertz CT molecular complexity index is 1190. The second-order valence-corrected chi connectivity index (χ2v) is 15.9. The Morgan fingerprint density at radius 3 is 1.21 bits per heavy atom. The Morgan fingerprint density at radius 2 is 1.02 bits per heavy atom. The van der Waals surface area contributed by atoms with Crippen molar-refractivity contribution in [3.05, 3.63) is 4.13 Å². The number of nitrogens with two attached hydrogens (primary N) is 1. The first kappa shape index (κ1) is 57.3. The van der Waals surface area contributed by atoms with Crippen LogP contribution in [-0.4, -0.2) is 61.7 Å². The number of carbonyl (C=O) groups is 1. The van der Waals surface area contributed by atoms with Crippen LogP contribution in [0.4, 0.5) is 26.3 Å². The second-order valence-electron chi connectivity index (χ2n) is 7.69. The molecule has 2 aliphatic rings. The van der Waals surface area contributed by atoms with Crippen molar-refractivity contribution in [3.63, 3.8) is 0 Å². The summed E-state index contributed by atoms with van der Waals surface area (Å²) in [4.78, 5) is 11.2. The molecule has 0 atom stereocenters. The number of halogens is 7. The van der Waals surface area contributed by atoms with E-state index in [1.54, 1.807) is 0 Å². The Hall–Kier alpha value is 2.02. The van der Waals surface area contributed by atoms with E-state index in [4.69, 9.17) is 20.7 Å². The van der Waals surface area contributed by atoms with E-state index in [1.807, 2.05) is 0 Å². The maximum Gasteiger partial charge on any atom is 1.00 e. The van der Waals surface area contributed by atoms with Crippen molar-refractivity contribution in [3.8, 4) is 0 Å². The van der Waals surface area contributed by atoms with Gasteiger partial charge < -0.3 is 15.7 Å². The third kappa shape index (κ3) is 25.7. The molecular weight excluding hydrogens is 743 g/mol. The smallest absolute Gasteiger partial charge is 1.00 e. The minimum Gasteiger partial charge on any atom is -1.00 e.